The molecule has 0 aliphatic heterocycles. The van der Waals surface area contributed by atoms with Crippen LogP contribution in [-0.4, -0.2) is 23.0 Å². The van der Waals surface area contributed by atoms with Crippen molar-refractivity contribution in [2.45, 2.75) is 40.2 Å². The number of anilines is 1. The third kappa shape index (κ3) is 5.20. The summed E-state index contributed by atoms with van der Waals surface area (Å²) in [5.41, 5.74) is 3.72. The number of carbonyl (C=O) groups is 2. The van der Waals surface area contributed by atoms with Crippen LogP contribution in [-0.2, 0) is 11.2 Å². The number of aryl methyl sites for hydroxylation is 1. The monoisotopic (exact) mass is 526 g/mol. The molecule has 0 atom stereocenters. The van der Waals surface area contributed by atoms with Crippen molar-refractivity contribution in [3.63, 3.8) is 0 Å². The van der Waals surface area contributed by atoms with Crippen LogP contribution in [0.4, 0.5) is 5.00 Å². The van der Waals surface area contributed by atoms with Crippen LogP contribution in [0.5, 0.6) is 0 Å². The van der Waals surface area contributed by atoms with Gasteiger partial charge in [-0.25, -0.2) is 9.78 Å². The van der Waals surface area contributed by atoms with Crippen molar-refractivity contribution >= 4 is 62.3 Å². The van der Waals surface area contributed by atoms with Gasteiger partial charge in [-0.2, -0.15) is 0 Å². The fraction of sp³-hybridized carbons (Fsp3) is 0.222. The largest absolute Gasteiger partial charge is 0.459 e. The van der Waals surface area contributed by atoms with E-state index in [1.54, 1.807) is 32.0 Å². The lowest BCUT2D eigenvalue weighted by atomic mass is 10.0. The number of rotatable bonds is 6. The van der Waals surface area contributed by atoms with E-state index in [-0.39, 0.29) is 12.0 Å². The van der Waals surface area contributed by atoms with Gasteiger partial charge in [0.25, 0.3) is 5.91 Å². The molecule has 2 aromatic carbocycles. The number of fused-ring (bicyclic) bond motifs is 1. The molecule has 0 unspecified atom stereocenters. The van der Waals surface area contributed by atoms with Crippen LogP contribution in [0.2, 0.25) is 10.0 Å². The Morgan fingerprint density at radius 2 is 1.83 bits per heavy atom. The Labute approximate surface area is 218 Å². The maximum atomic E-state index is 13.6. The zero-order valence-electron chi connectivity index (χ0n) is 19.7. The first-order chi connectivity index (χ1) is 16.7. The summed E-state index contributed by atoms with van der Waals surface area (Å²) in [5.74, 6) is -0.778. The highest BCUT2D eigenvalue weighted by Crippen LogP contribution is 2.36. The van der Waals surface area contributed by atoms with E-state index in [1.165, 1.54) is 11.3 Å². The first-order valence-electron chi connectivity index (χ1n) is 11.2. The third-order valence-electron chi connectivity index (χ3n) is 5.51. The van der Waals surface area contributed by atoms with Crippen LogP contribution in [0, 0.1) is 6.92 Å². The van der Waals surface area contributed by atoms with E-state index < -0.39 is 5.97 Å². The molecule has 8 heteroatoms. The van der Waals surface area contributed by atoms with Crippen LogP contribution in [0.3, 0.4) is 0 Å². The fourth-order valence-corrected chi connectivity index (χ4v) is 5.34. The standard InChI is InChI=1S/C27H24Cl2N2O3S/c1-5-17-15(4)35-26(24(17)27(33)34-14(2)3)31-25(32)19-13-23(16-10-11-20(28)21(29)12-16)30-22-9-7-6-8-18(19)22/h6-14H,5H2,1-4H3,(H,31,32). The number of amides is 1. The first-order valence-corrected chi connectivity index (χ1v) is 12.8. The second-order valence-corrected chi connectivity index (χ2v) is 10.3. The van der Waals surface area contributed by atoms with E-state index in [2.05, 4.69) is 5.32 Å². The quantitative estimate of drug-likeness (QED) is 0.258. The first kappa shape index (κ1) is 25.2. The summed E-state index contributed by atoms with van der Waals surface area (Å²) in [6.07, 6.45) is 0.384. The maximum absolute atomic E-state index is 13.6. The van der Waals surface area contributed by atoms with Crippen molar-refractivity contribution in [2.75, 3.05) is 5.32 Å². The van der Waals surface area contributed by atoms with Crippen LogP contribution in [0.25, 0.3) is 22.2 Å². The SMILES string of the molecule is CCc1c(C)sc(NC(=O)c2cc(-c3ccc(Cl)c(Cl)c3)nc3ccccc23)c1C(=O)OC(C)C. The number of nitrogens with zero attached hydrogens (tertiary/aromatic N) is 1. The Morgan fingerprint density at radius 1 is 1.09 bits per heavy atom. The van der Waals surface area contributed by atoms with Gasteiger partial charge in [0.05, 0.1) is 38.5 Å². The molecular weight excluding hydrogens is 503 g/mol. The van der Waals surface area contributed by atoms with Gasteiger partial charge in [0, 0.05) is 15.8 Å². The molecule has 0 saturated carbocycles. The second kappa shape index (κ2) is 10.4. The van der Waals surface area contributed by atoms with E-state index >= 15 is 0 Å². The highest BCUT2D eigenvalue weighted by Gasteiger charge is 2.25. The fourth-order valence-electron chi connectivity index (χ4n) is 3.92. The topological polar surface area (TPSA) is 68.3 Å². The number of pyridine rings is 1. The number of esters is 1. The number of benzene rings is 2. The Bertz CT molecular complexity index is 1450. The van der Waals surface area contributed by atoms with Crippen LogP contribution in [0.1, 0.15) is 51.9 Å². The third-order valence-corrected chi connectivity index (χ3v) is 7.31. The number of para-hydroxylation sites is 1. The van der Waals surface area contributed by atoms with Gasteiger partial charge >= 0.3 is 5.97 Å². The van der Waals surface area contributed by atoms with Gasteiger partial charge in [-0.05, 0) is 57.0 Å². The second-order valence-electron chi connectivity index (χ2n) is 8.30. The Balaban J connectivity index is 1.80. The molecule has 180 valence electrons. The van der Waals surface area contributed by atoms with Crippen LogP contribution >= 0.6 is 34.5 Å². The molecule has 2 heterocycles. The predicted octanol–water partition coefficient (Wildman–Crippen LogP) is 7.96. The highest BCUT2D eigenvalue weighted by molar-refractivity contribution is 7.16. The molecule has 0 saturated heterocycles. The average molecular weight is 527 g/mol. The predicted molar refractivity (Wildman–Crippen MR) is 144 cm³/mol. The van der Waals surface area contributed by atoms with Gasteiger partial charge < -0.3 is 10.1 Å². The van der Waals surface area contributed by atoms with Crippen LogP contribution in [0.15, 0.2) is 48.5 Å². The number of carbonyl (C=O) groups excluding carboxylic acids is 2. The minimum Gasteiger partial charge on any atom is -0.459 e. The molecule has 0 bridgehead atoms. The van der Waals surface area contributed by atoms with E-state index in [4.69, 9.17) is 32.9 Å². The maximum Gasteiger partial charge on any atom is 0.341 e. The minimum absolute atomic E-state index is 0.270. The van der Waals surface area contributed by atoms with Gasteiger partial charge in [0.15, 0.2) is 0 Å². The summed E-state index contributed by atoms with van der Waals surface area (Å²) in [6, 6.07) is 14.4. The molecule has 0 spiro atoms. The number of thiophene rings is 1. The van der Waals surface area contributed by atoms with Crippen LogP contribution < -0.4 is 5.32 Å². The lowest BCUT2D eigenvalue weighted by molar-refractivity contribution is 0.0378. The minimum atomic E-state index is -0.437. The molecule has 0 fully saturated rings. The summed E-state index contributed by atoms with van der Waals surface area (Å²) in [7, 11) is 0. The van der Waals surface area contributed by atoms with Crippen molar-refractivity contribution in [2.24, 2.45) is 0 Å². The van der Waals surface area contributed by atoms with Crippen molar-refractivity contribution in [1.29, 1.82) is 0 Å². The Kier molecular flexibility index (Phi) is 7.45. The lowest BCUT2D eigenvalue weighted by Gasteiger charge is -2.13. The molecule has 0 aliphatic carbocycles. The van der Waals surface area contributed by atoms with Gasteiger partial charge in [-0.1, -0.05) is 54.4 Å². The Morgan fingerprint density at radius 3 is 2.51 bits per heavy atom. The molecular formula is C27H24Cl2N2O3S. The number of nitrogens with one attached hydrogen (secondary N) is 1. The summed E-state index contributed by atoms with van der Waals surface area (Å²) in [4.78, 5) is 32.2. The molecule has 0 radical (unpaired) electrons. The zero-order chi connectivity index (χ0) is 25.3. The molecule has 4 rings (SSSR count). The number of aromatic nitrogens is 1. The highest BCUT2D eigenvalue weighted by atomic mass is 35.5. The number of ether oxygens (including phenoxy) is 1. The molecule has 1 N–H and O–H groups in total. The Hall–Kier alpha value is -2.93. The van der Waals surface area contributed by atoms with Crippen molar-refractivity contribution in [1.82, 2.24) is 4.98 Å². The van der Waals surface area contributed by atoms with E-state index in [0.29, 0.717) is 49.2 Å². The van der Waals surface area contributed by atoms with E-state index in [1.807, 2.05) is 44.2 Å². The summed E-state index contributed by atoms with van der Waals surface area (Å²) in [6.45, 7) is 7.52. The molecule has 1 amide bonds. The van der Waals surface area contributed by atoms with Gasteiger partial charge in [0.2, 0.25) is 0 Å². The van der Waals surface area contributed by atoms with Crippen molar-refractivity contribution in [3.8, 4) is 11.3 Å². The normalized spacial score (nSPS) is 11.2. The van der Waals surface area contributed by atoms with Crippen molar-refractivity contribution < 1.29 is 14.3 Å². The number of hydrogen-bond donors (Lipinski definition) is 1. The lowest BCUT2D eigenvalue weighted by Crippen LogP contribution is -2.17. The molecule has 35 heavy (non-hydrogen) atoms. The number of halogens is 2. The number of hydrogen-bond acceptors (Lipinski definition) is 5. The summed E-state index contributed by atoms with van der Waals surface area (Å²) < 4.78 is 5.47. The molecule has 4 aromatic rings. The zero-order valence-corrected chi connectivity index (χ0v) is 22.1. The smallest absolute Gasteiger partial charge is 0.341 e. The summed E-state index contributed by atoms with van der Waals surface area (Å²) in [5, 5.41) is 4.99. The molecule has 0 aliphatic rings. The molecule has 5 nitrogen and oxygen atoms in total. The molecule has 2 aromatic heterocycles. The van der Waals surface area contributed by atoms with E-state index in [9.17, 15) is 9.59 Å². The summed E-state index contributed by atoms with van der Waals surface area (Å²) >= 11 is 13.7. The van der Waals surface area contributed by atoms with Gasteiger partial charge in [-0.3, -0.25) is 4.79 Å². The average Bonchev–Trinajstić information content (AvgIpc) is 3.14. The van der Waals surface area contributed by atoms with Gasteiger partial charge in [-0.15, -0.1) is 11.3 Å². The van der Waals surface area contributed by atoms with E-state index in [0.717, 1.165) is 16.0 Å². The van der Waals surface area contributed by atoms with Gasteiger partial charge in [0.1, 0.15) is 5.00 Å². The van der Waals surface area contributed by atoms with Crippen molar-refractivity contribution in [3.05, 3.63) is 80.1 Å².